The lowest BCUT2D eigenvalue weighted by atomic mass is 10.1. The molecule has 1 heterocycles. The number of sulfonamides is 1. The Labute approximate surface area is 129 Å². The van der Waals surface area contributed by atoms with Crippen LogP contribution in [0.2, 0.25) is 0 Å². The van der Waals surface area contributed by atoms with Crippen LogP contribution in [0.1, 0.15) is 22.3 Å². The number of halogens is 1. The highest BCUT2D eigenvalue weighted by atomic mass is 32.2. The molecule has 0 spiro atoms. The molecule has 0 unspecified atom stereocenters. The highest BCUT2D eigenvalue weighted by Crippen LogP contribution is 2.19. The van der Waals surface area contributed by atoms with E-state index in [-0.39, 0.29) is 11.4 Å². The Morgan fingerprint density at radius 2 is 1.91 bits per heavy atom. The summed E-state index contributed by atoms with van der Waals surface area (Å²) in [6, 6.07) is 9.67. The van der Waals surface area contributed by atoms with Crippen molar-refractivity contribution in [3.8, 4) is 0 Å². The molecule has 2 aromatic rings. The summed E-state index contributed by atoms with van der Waals surface area (Å²) in [4.78, 5) is -0.0182. The van der Waals surface area contributed by atoms with Crippen molar-refractivity contribution in [1.82, 2.24) is 10.0 Å². The van der Waals surface area contributed by atoms with Gasteiger partial charge in [-0.15, -0.1) is 0 Å². The number of fused-ring (bicyclic) bond motifs is 1. The number of hydrogen-bond acceptors (Lipinski definition) is 3. The summed E-state index contributed by atoms with van der Waals surface area (Å²) in [5.74, 6) is -0.561. The quantitative estimate of drug-likeness (QED) is 0.908. The standard InChI is InChI=1S/C16H17FN2O2S/c1-11-2-5-15(17)7-16(11)22(20,21)19-8-12-3-4-13-9-18-10-14(13)6-12/h2-7,18-19H,8-10H2,1H3. The Balaban J connectivity index is 1.79. The van der Waals surface area contributed by atoms with Gasteiger partial charge in [0.15, 0.2) is 0 Å². The molecule has 116 valence electrons. The average molecular weight is 320 g/mol. The van der Waals surface area contributed by atoms with Crippen LogP contribution < -0.4 is 10.0 Å². The second-order valence-corrected chi connectivity index (χ2v) is 7.18. The predicted octanol–water partition coefficient (Wildman–Crippen LogP) is 2.22. The predicted molar refractivity (Wildman–Crippen MR) is 82.1 cm³/mol. The van der Waals surface area contributed by atoms with Crippen molar-refractivity contribution in [2.45, 2.75) is 31.5 Å². The normalized spacial score (nSPS) is 14.1. The average Bonchev–Trinajstić information content (AvgIpc) is 2.95. The summed E-state index contributed by atoms with van der Waals surface area (Å²) in [6.45, 7) is 3.49. The lowest BCUT2D eigenvalue weighted by Crippen LogP contribution is -2.24. The van der Waals surface area contributed by atoms with Crippen LogP contribution in [0, 0.1) is 12.7 Å². The minimum Gasteiger partial charge on any atom is -0.309 e. The van der Waals surface area contributed by atoms with Gasteiger partial charge in [-0.3, -0.25) is 0 Å². The second kappa shape index (κ2) is 5.79. The van der Waals surface area contributed by atoms with Crippen LogP contribution in [0.5, 0.6) is 0 Å². The third-order valence-electron chi connectivity index (χ3n) is 3.81. The van der Waals surface area contributed by atoms with Crippen molar-refractivity contribution in [1.29, 1.82) is 0 Å². The monoisotopic (exact) mass is 320 g/mol. The molecule has 6 heteroatoms. The first-order chi connectivity index (χ1) is 10.5. The lowest BCUT2D eigenvalue weighted by Gasteiger charge is -2.10. The van der Waals surface area contributed by atoms with E-state index in [4.69, 9.17) is 0 Å². The Kier molecular flexibility index (Phi) is 3.99. The number of hydrogen-bond donors (Lipinski definition) is 2. The largest absolute Gasteiger partial charge is 0.309 e. The van der Waals surface area contributed by atoms with E-state index >= 15 is 0 Å². The van der Waals surface area contributed by atoms with Crippen molar-refractivity contribution < 1.29 is 12.8 Å². The molecule has 0 aliphatic carbocycles. The van der Waals surface area contributed by atoms with Crippen LogP contribution in [-0.2, 0) is 29.7 Å². The van der Waals surface area contributed by atoms with E-state index in [0.717, 1.165) is 24.7 Å². The van der Waals surface area contributed by atoms with Gasteiger partial charge >= 0.3 is 0 Å². The summed E-state index contributed by atoms with van der Waals surface area (Å²) in [6.07, 6.45) is 0. The maximum Gasteiger partial charge on any atom is 0.241 e. The van der Waals surface area contributed by atoms with Crippen LogP contribution in [-0.4, -0.2) is 8.42 Å². The molecule has 0 saturated carbocycles. The van der Waals surface area contributed by atoms with Gasteiger partial charge in [-0.05, 0) is 41.3 Å². The summed E-state index contributed by atoms with van der Waals surface area (Å²) < 4.78 is 40.5. The molecular formula is C16H17FN2O2S. The summed E-state index contributed by atoms with van der Waals surface area (Å²) in [5, 5.41) is 3.25. The fourth-order valence-corrected chi connectivity index (χ4v) is 3.85. The van der Waals surface area contributed by atoms with E-state index in [2.05, 4.69) is 10.0 Å². The molecule has 1 aliphatic rings. The second-order valence-electron chi connectivity index (χ2n) is 5.44. The van der Waals surface area contributed by atoms with Crippen molar-refractivity contribution in [3.63, 3.8) is 0 Å². The Morgan fingerprint density at radius 1 is 1.14 bits per heavy atom. The van der Waals surface area contributed by atoms with Crippen molar-refractivity contribution in [2.75, 3.05) is 0 Å². The molecular weight excluding hydrogens is 303 g/mol. The smallest absolute Gasteiger partial charge is 0.241 e. The number of nitrogens with one attached hydrogen (secondary N) is 2. The fourth-order valence-electron chi connectivity index (χ4n) is 2.58. The van der Waals surface area contributed by atoms with Crippen LogP contribution >= 0.6 is 0 Å². The van der Waals surface area contributed by atoms with E-state index in [1.54, 1.807) is 6.92 Å². The van der Waals surface area contributed by atoms with E-state index in [0.29, 0.717) is 5.56 Å². The zero-order chi connectivity index (χ0) is 15.7. The van der Waals surface area contributed by atoms with Gasteiger partial charge < -0.3 is 5.32 Å². The minimum absolute atomic E-state index is 0.0182. The van der Waals surface area contributed by atoms with Gasteiger partial charge in [0.2, 0.25) is 10.0 Å². The maximum atomic E-state index is 13.3. The van der Waals surface area contributed by atoms with E-state index in [1.165, 1.54) is 23.3 Å². The molecule has 0 atom stereocenters. The summed E-state index contributed by atoms with van der Waals surface area (Å²) >= 11 is 0. The van der Waals surface area contributed by atoms with Crippen LogP contribution in [0.15, 0.2) is 41.3 Å². The van der Waals surface area contributed by atoms with Gasteiger partial charge in [0.1, 0.15) is 5.82 Å². The van der Waals surface area contributed by atoms with Gasteiger partial charge in [0.05, 0.1) is 4.90 Å². The van der Waals surface area contributed by atoms with Crippen molar-refractivity contribution in [3.05, 3.63) is 64.5 Å². The molecule has 0 amide bonds. The van der Waals surface area contributed by atoms with Crippen molar-refractivity contribution >= 4 is 10.0 Å². The summed E-state index contributed by atoms with van der Waals surface area (Å²) in [5.41, 5.74) is 3.85. The molecule has 2 N–H and O–H groups in total. The van der Waals surface area contributed by atoms with E-state index in [1.807, 2.05) is 18.2 Å². The maximum absolute atomic E-state index is 13.3. The Bertz CT molecular complexity index is 819. The van der Waals surface area contributed by atoms with Crippen molar-refractivity contribution in [2.24, 2.45) is 0 Å². The fraction of sp³-hybridized carbons (Fsp3) is 0.250. The van der Waals surface area contributed by atoms with Gasteiger partial charge in [-0.25, -0.2) is 17.5 Å². The highest BCUT2D eigenvalue weighted by Gasteiger charge is 2.18. The van der Waals surface area contributed by atoms with Gasteiger partial charge in [-0.1, -0.05) is 24.3 Å². The molecule has 1 aliphatic heterocycles. The Morgan fingerprint density at radius 3 is 2.73 bits per heavy atom. The molecule has 4 nitrogen and oxygen atoms in total. The van der Waals surface area contributed by atoms with Crippen LogP contribution in [0.3, 0.4) is 0 Å². The first-order valence-electron chi connectivity index (χ1n) is 7.03. The van der Waals surface area contributed by atoms with Gasteiger partial charge in [0.25, 0.3) is 0 Å². The third-order valence-corrected chi connectivity index (χ3v) is 5.35. The topological polar surface area (TPSA) is 58.2 Å². The number of benzene rings is 2. The number of aryl methyl sites for hydroxylation is 1. The van der Waals surface area contributed by atoms with E-state index < -0.39 is 15.8 Å². The summed E-state index contributed by atoms with van der Waals surface area (Å²) in [7, 11) is -3.73. The molecule has 22 heavy (non-hydrogen) atoms. The van der Waals surface area contributed by atoms with Crippen LogP contribution in [0.4, 0.5) is 4.39 Å². The zero-order valence-corrected chi connectivity index (χ0v) is 13.0. The molecule has 3 rings (SSSR count). The van der Waals surface area contributed by atoms with E-state index in [9.17, 15) is 12.8 Å². The first-order valence-corrected chi connectivity index (χ1v) is 8.51. The minimum atomic E-state index is -3.73. The lowest BCUT2D eigenvalue weighted by molar-refractivity contribution is 0.576. The molecule has 0 saturated heterocycles. The molecule has 0 aromatic heterocycles. The van der Waals surface area contributed by atoms with Crippen LogP contribution in [0.25, 0.3) is 0 Å². The molecule has 0 fully saturated rings. The highest BCUT2D eigenvalue weighted by molar-refractivity contribution is 7.89. The Hall–Kier alpha value is -1.76. The third kappa shape index (κ3) is 3.04. The SMILES string of the molecule is Cc1ccc(F)cc1S(=O)(=O)NCc1ccc2c(c1)CNC2. The first kappa shape index (κ1) is 15.1. The molecule has 0 bridgehead atoms. The molecule has 0 radical (unpaired) electrons. The van der Waals surface area contributed by atoms with Gasteiger partial charge in [-0.2, -0.15) is 0 Å². The number of rotatable bonds is 4. The molecule has 2 aromatic carbocycles. The zero-order valence-electron chi connectivity index (χ0n) is 12.2. The van der Waals surface area contributed by atoms with Gasteiger partial charge in [0, 0.05) is 19.6 Å².